The number of ether oxygens (including phenoxy) is 1. The number of halogens is 1. The second-order valence-corrected chi connectivity index (χ2v) is 4.42. The van der Waals surface area contributed by atoms with E-state index < -0.39 is 0 Å². The van der Waals surface area contributed by atoms with E-state index in [0.717, 1.165) is 19.6 Å². The van der Waals surface area contributed by atoms with Crippen LogP contribution in [0, 0.1) is 0 Å². The van der Waals surface area contributed by atoms with Crippen LogP contribution in [0.3, 0.4) is 0 Å². The molecule has 0 atom stereocenters. The number of aliphatic imine (C=N–C) groups is 1. The predicted molar refractivity (Wildman–Crippen MR) is 87.5 cm³/mol. The van der Waals surface area contributed by atoms with Gasteiger partial charge in [0, 0.05) is 19.7 Å². The number of nitrogens with one attached hydrogen (secondary N) is 1. The van der Waals surface area contributed by atoms with Crippen LogP contribution in [-0.4, -0.2) is 31.8 Å². The highest BCUT2D eigenvalue weighted by molar-refractivity contribution is 14.0. The summed E-state index contributed by atoms with van der Waals surface area (Å²) in [5.74, 6) is 0.488. The van der Waals surface area contributed by atoms with E-state index in [1.54, 1.807) is 6.08 Å². The molecule has 0 aliphatic heterocycles. The fraction of sp³-hybridized carbons (Fsp3) is 0.769. The lowest BCUT2D eigenvalue weighted by atomic mass is 9.98. The van der Waals surface area contributed by atoms with Crippen LogP contribution in [0.25, 0.3) is 0 Å². The summed E-state index contributed by atoms with van der Waals surface area (Å²) in [6.07, 6.45) is 9.65. The molecule has 0 aromatic rings. The van der Waals surface area contributed by atoms with Crippen molar-refractivity contribution in [1.82, 2.24) is 5.32 Å². The molecule has 0 aromatic heterocycles. The monoisotopic (exact) mass is 367 g/mol. The molecule has 1 fully saturated rings. The quantitative estimate of drug-likeness (QED) is 0.239. The average Bonchev–Trinajstić information content (AvgIpc) is 2.37. The second-order valence-electron chi connectivity index (χ2n) is 4.42. The number of guanidine groups is 1. The van der Waals surface area contributed by atoms with E-state index in [1.807, 2.05) is 0 Å². The summed E-state index contributed by atoms with van der Waals surface area (Å²) in [6.45, 7) is 5.78. The van der Waals surface area contributed by atoms with Crippen molar-refractivity contribution >= 4 is 29.9 Å². The zero-order valence-electron chi connectivity index (χ0n) is 11.1. The van der Waals surface area contributed by atoms with Gasteiger partial charge in [0.15, 0.2) is 5.96 Å². The summed E-state index contributed by atoms with van der Waals surface area (Å²) in [4.78, 5) is 4.20. The van der Waals surface area contributed by atoms with Crippen molar-refractivity contribution in [1.29, 1.82) is 0 Å². The Morgan fingerprint density at radius 3 is 2.78 bits per heavy atom. The maximum absolute atomic E-state index is 5.80. The van der Waals surface area contributed by atoms with E-state index in [0.29, 0.717) is 18.6 Å². The van der Waals surface area contributed by atoms with Crippen LogP contribution >= 0.6 is 24.0 Å². The third-order valence-corrected chi connectivity index (χ3v) is 2.92. The zero-order valence-corrected chi connectivity index (χ0v) is 13.4. The second kappa shape index (κ2) is 11.8. The topological polar surface area (TPSA) is 59.6 Å². The lowest BCUT2D eigenvalue weighted by Crippen LogP contribution is -2.31. The van der Waals surface area contributed by atoms with Crippen LogP contribution in [0.15, 0.2) is 17.6 Å². The normalized spacial score (nSPS) is 17.0. The summed E-state index contributed by atoms with van der Waals surface area (Å²) < 4.78 is 5.80. The molecule has 106 valence electrons. The van der Waals surface area contributed by atoms with Crippen LogP contribution in [0.1, 0.15) is 38.5 Å². The summed E-state index contributed by atoms with van der Waals surface area (Å²) in [5.41, 5.74) is 5.64. The molecule has 0 unspecified atom stereocenters. The van der Waals surface area contributed by atoms with Crippen LogP contribution in [0.2, 0.25) is 0 Å². The molecule has 3 N–H and O–H groups in total. The zero-order chi connectivity index (χ0) is 12.3. The molecule has 0 radical (unpaired) electrons. The molecule has 0 amide bonds. The highest BCUT2D eigenvalue weighted by Crippen LogP contribution is 2.20. The minimum Gasteiger partial charge on any atom is -0.378 e. The summed E-state index contributed by atoms with van der Waals surface area (Å²) >= 11 is 0. The fourth-order valence-electron chi connectivity index (χ4n) is 1.98. The minimum atomic E-state index is 0. The van der Waals surface area contributed by atoms with Crippen molar-refractivity contribution in [3.8, 4) is 0 Å². The molecule has 0 aromatic carbocycles. The molecule has 1 aliphatic rings. The average molecular weight is 367 g/mol. The van der Waals surface area contributed by atoms with Crippen LogP contribution < -0.4 is 11.1 Å². The first kappa shape index (κ1) is 17.7. The summed E-state index contributed by atoms with van der Waals surface area (Å²) in [7, 11) is 0. The maximum Gasteiger partial charge on any atom is 0.188 e. The van der Waals surface area contributed by atoms with E-state index in [-0.39, 0.29) is 24.0 Å². The van der Waals surface area contributed by atoms with E-state index in [4.69, 9.17) is 10.5 Å². The smallest absolute Gasteiger partial charge is 0.188 e. The Labute approximate surface area is 127 Å². The highest BCUT2D eigenvalue weighted by Gasteiger charge is 2.12. The Hall–Kier alpha value is -0.300. The van der Waals surface area contributed by atoms with Crippen LogP contribution in [0.4, 0.5) is 0 Å². The van der Waals surface area contributed by atoms with Gasteiger partial charge in [-0.1, -0.05) is 25.3 Å². The lowest BCUT2D eigenvalue weighted by Gasteiger charge is -2.21. The maximum atomic E-state index is 5.80. The lowest BCUT2D eigenvalue weighted by molar-refractivity contribution is 0.0281. The SMILES string of the molecule is C=CCNC(N)=NCCCOC1CCCCC1.I. The number of rotatable bonds is 7. The molecule has 1 saturated carbocycles. The van der Waals surface area contributed by atoms with Gasteiger partial charge in [-0.15, -0.1) is 30.6 Å². The van der Waals surface area contributed by atoms with Crippen molar-refractivity contribution in [2.45, 2.75) is 44.6 Å². The van der Waals surface area contributed by atoms with Crippen LogP contribution in [-0.2, 0) is 4.74 Å². The van der Waals surface area contributed by atoms with Crippen molar-refractivity contribution in [3.05, 3.63) is 12.7 Å². The molecule has 0 heterocycles. The van der Waals surface area contributed by atoms with Gasteiger partial charge in [0.05, 0.1) is 6.10 Å². The first-order valence-corrected chi connectivity index (χ1v) is 6.59. The van der Waals surface area contributed by atoms with Gasteiger partial charge in [-0.2, -0.15) is 0 Å². The third-order valence-electron chi connectivity index (χ3n) is 2.92. The molecular formula is C13H26IN3O. The summed E-state index contributed by atoms with van der Waals surface area (Å²) in [6, 6.07) is 0. The Balaban J connectivity index is 0.00000289. The van der Waals surface area contributed by atoms with Gasteiger partial charge in [0.1, 0.15) is 0 Å². The van der Waals surface area contributed by atoms with Crippen molar-refractivity contribution in [3.63, 3.8) is 0 Å². The molecule has 5 heteroatoms. The van der Waals surface area contributed by atoms with Gasteiger partial charge >= 0.3 is 0 Å². The van der Waals surface area contributed by atoms with Gasteiger partial charge in [-0.3, -0.25) is 4.99 Å². The van der Waals surface area contributed by atoms with Gasteiger partial charge in [0.2, 0.25) is 0 Å². The fourth-order valence-corrected chi connectivity index (χ4v) is 1.98. The third kappa shape index (κ3) is 8.74. The minimum absolute atomic E-state index is 0. The van der Waals surface area contributed by atoms with E-state index in [9.17, 15) is 0 Å². The summed E-state index contributed by atoms with van der Waals surface area (Å²) in [5, 5.41) is 2.94. The Morgan fingerprint density at radius 2 is 2.11 bits per heavy atom. The Bertz CT molecular complexity index is 240. The number of hydrogen-bond donors (Lipinski definition) is 2. The molecule has 1 rings (SSSR count). The first-order valence-electron chi connectivity index (χ1n) is 6.59. The van der Waals surface area contributed by atoms with Crippen LogP contribution in [0.5, 0.6) is 0 Å². The number of nitrogens with two attached hydrogens (primary N) is 1. The molecule has 0 saturated heterocycles. The molecular weight excluding hydrogens is 341 g/mol. The first-order chi connectivity index (χ1) is 8.33. The molecule has 0 spiro atoms. The van der Waals surface area contributed by atoms with E-state index >= 15 is 0 Å². The molecule has 4 nitrogen and oxygen atoms in total. The Morgan fingerprint density at radius 1 is 1.39 bits per heavy atom. The van der Waals surface area contributed by atoms with Gasteiger partial charge in [-0.05, 0) is 19.3 Å². The van der Waals surface area contributed by atoms with Gasteiger partial charge < -0.3 is 15.8 Å². The van der Waals surface area contributed by atoms with E-state index in [1.165, 1.54) is 32.1 Å². The molecule has 18 heavy (non-hydrogen) atoms. The highest BCUT2D eigenvalue weighted by atomic mass is 127. The number of hydrogen-bond acceptors (Lipinski definition) is 2. The van der Waals surface area contributed by atoms with Crippen molar-refractivity contribution < 1.29 is 4.74 Å². The standard InChI is InChI=1S/C13H25N3O.HI/c1-2-9-15-13(14)16-10-6-11-17-12-7-4-3-5-8-12;/h2,12H,1,3-11H2,(H3,14,15,16);1H. The van der Waals surface area contributed by atoms with E-state index in [2.05, 4.69) is 16.9 Å². The van der Waals surface area contributed by atoms with Crippen molar-refractivity contribution in [2.24, 2.45) is 10.7 Å². The predicted octanol–water partition coefficient (Wildman–Crippen LogP) is 2.43. The van der Waals surface area contributed by atoms with Gasteiger partial charge in [-0.25, -0.2) is 0 Å². The van der Waals surface area contributed by atoms with Crippen molar-refractivity contribution in [2.75, 3.05) is 19.7 Å². The Kier molecular flexibility index (Phi) is 11.6. The largest absolute Gasteiger partial charge is 0.378 e. The number of nitrogens with zero attached hydrogens (tertiary/aromatic N) is 1. The molecule has 1 aliphatic carbocycles. The van der Waals surface area contributed by atoms with Gasteiger partial charge in [0.25, 0.3) is 0 Å². The molecule has 0 bridgehead atoms.